The van der Waals surface area contributed by atoms with E-state index in [-0.39, 0.29) is 16.5 Å². The second-order valence-electron chi connectivity index (χ2n) is 6.19. The van der Waals surface area contributed by atoms with Crippen molar-refractivity contribution in [2.45, 2.75) is 18.7 Å². The van der Waals surface area contributed by atoms with Gasteiger partial charge in [0.2, 0.25) is 5.88 Å². The molecule has 0 saturated heterocycles. The molecular weight excluding hydrogens is 418 g/mol. The number of aryl methyl sites for hydroxylation is 1. The molecule has 13 heteroatoms. The number of sulfonamides is 1. The van der Waals surface area contributed by atoms with Crippen LogP contribution in [0.1, 0.15) is 11.3 Å². The maximum absolute atomic E-state index is 12.5. The zero-order valence-electron chi connectivity index (χ0n) is 15.6. The minimum Gasteiger partial charge on any atom is -0.350 e. The van der Waals surface area contributed by atoms with E-state index in [0.29, 0.717) is 16.9 Å². The van der Waals surface area contributed by atoms with Crippen LogP contribution < -0.4 is 10.0 Å². The van der Waals surface area contributed by atoms with Gasteiger partial charge in [0.05, 0.1) is 26.5 Å². The Balaban J connectivity index is 1.83. The molecule has 0 unspecified atom stereocenters. The number of anilines is 3. The Bertz CT molecular complexity index is 1240. The molecule has 0 aliphatic rings. The second-order valence-corrected chi connectivity index (χ2v) is 7.88. The van der Waals surface area contributed by atoms with Crippen molar-refractivity contribution in [3.8, 4) is 0 Å². The Kier molecular flexibility index (Phi) is 5.38. The molecule has 12 nitrogen and oxygen atoms in total. The lowest BCUT2D eigenvalue weighted by molar-refractivity contribution is -0.393. The van der Waals surface area contributed by atoms with Gasteiger partial charge >= 0.3 is 0 Å². The molecule has 2 N–H and O–H groups in total. The van der Waals surface area contributed by atoms with Crippen molar-refractivity contribution < 1.29 is 22.8 Å². The third kappa shape index (κ3) is 4.20. The normalized spacial score (nSPS) is 11.1. The first kappa shape index (κ1) is 20.7. The number of nitro benzene ring substituents is 2. The van der Waals surface area contributed by atoms with Gasteiger partial charge in [-0.15, -0.1) is 0 Å². The van der Waals surface area contributed by atoms with Gasteiger partial charge in [-0.25, -0.2) is 13.1 Å². The van der Waals surface area contributed by atoms with Gasteiger partial charge in [0, 0.05) is 17.3 Å². The van der Waals surface area contributed by atoms with E-state index >= 15 is 0 Å². The van der Waals surface area contributed by atoms with Crippen LogP contribution in [0.25, 0.3) is 0 Å². The molecule has 156 valence electrons. The van der Waals surface area contributed by atoms with Gasteiger partial charge < -0.3 is 9.84 Å². The molecule has 30 heavy (non-hydrogen) atoms. The van der Waals surface area contributed by atoms with Crippen LogP contribution in [0.3, 0.4) is 0 Å². The van der Waals surface area contributed by atoms with E-state index in [2.05, 4.69) is 15.2 Å². The fourth-order valence-corrected chi connectivity index (χ4v) is 3.50. The highest BCUT2D eigenvalue weighted by Crippen LogP contribution is 2.31. The van der Waals surface area contributed by atoms with E-state index in [1.54, 1.807) is 13.8 Å². The average molecular weight is 433 g/mol. The lowest BCUT2D eigenvalue weighted by Crippen LogP contribution is -2.13. The number of hydrogen-bond donors (Lipinski definition) is 2. The van der Waals surface area contributed by atoms with E-state index in [4.69, 9.17) is 4.52 Å². The molecule has 3 aromatic rings. The van der Waals surface area contributed by atoms with E-state index in [9.17, 15) is 28.6 Å². The van der Waals surface area contributed by atoms with Crippen LogP contribution in [-0.4, -0.2) is 23.4 Å². The molecule has 0 aliphatic carbocycles. The molecular formula is C17H15N5O7S. The van der Waals surface area contributed by atoms with Crippen molar-refractivity contribution >= 4 is 38.7 Å². The fraction of sp³-hybridized carbons (Fsp3) is 0.118. The Morgan fingerprint density at radius 1 is 1.00 bits per heavy atom. The summed E-state index contributed by atoms with van der Waals surface area (Å²) in [5, 5.41) is 28.5. The van der Waals surface area contributed by atoms with Crippen molar-refractivity contribution in [3.63, 3.8) is 0 Å². The lowest BCUT2D eigenvalue weighted by Gasteiger charge is -2.09. The average Bonchev–Trinajstić information content (AvgIpc) is 3.00. The smallest absolute Gasteiger partial charge is 0.299 e. The summed E-state index contributed by atoms with van der Waals surface area (Å²) < 4.78 is 32.3. The van der Waals surface area contributed by atoms with Gasteiger partial charge in [-0.1, -0.05) is 5.16 Å². The minimum atomic E-state index is -3.94. The van der Waals surface area contributed by atoms with Gasteiger partial charge in [-0.05, 0) is 44.2 Å². The highest BCUT2D eigenvalue weighted by Gasteiger charge is 2.21. The van der Waals surface area contributed by atoms with Crippen LogP contribution in [0.2, 0.25) is 0 Å². The largest absolute Gasteiger partial charge is 0.350 e. The van der Waals surface area contributed by atoms with Crippen molar-refractivity contribution in [2.75, 3.05) is 10.0 Å². The Labute approximate surface area is 169 Å². The molecule has 0 aliphatic heterocycles. The van der Waals surface area contributed by atoms with Crippen LogP contribution in [0.15, 0.2) is 51.9 Å². The zero-order chi connectivity index (χ0) is 22.1. The van der Waals surface area contributed by atoms with Gasteiger partial charge in [-0.2, -0.15) is 0 Å². The summed E-state index contributed by atoms with van der Waals surface area (Å²) in [6, 6.07) is 8.56. The quantitative estimate of drug-likeness (QED) is 0.417. The second kappa shape index (κ2) is 7.79. The summed E-state index contributed by atoms with van der Waals surface area (Å²) in [6.45, 7) is 3.34. The van der Waals surface area contributed by atoms with Crippen LogP contribution in [0.4, 0.5) is 28.6 Å². The van der Waals surface area contributed by atoms with Gasteiger partial charge in [0.25, 0.3) is 21.4 Å². The van der Waals surface area contributed by atoms with Crippen LogP contribution in [-0.2, 0) is 10.0 Å². The minimum absolute atomic E-state index is 0.0104. The Hall–Kier alpha value is -4.00. The number of nitrogens with zero attached hydrogens (tertiary/aromatic N) is 3. The molecule has 0 radical (unpaired) electrons. The highest BCUT2D eigenvalue weighted by molar-refractivity contribution is 7.92. The SMILES string of the molecule is Cc1noc(NS(=O)(=O)c2ccc(Nc3ccc([N+](=O)[O-])cc3[N+](=O)[O-])cc2)c1C. The van der Waals surface area contributed by atoms with Gasteiger partial charge in [-0.3, -0.25) is 20.2 Å². The Morgan fingerprint density at radius 3 is 2.20 bits per heavy atom. The van der Waals surface area contributed by atoms with E-state index in [1.165, 1.54) is 30.3 Å². The van der Waals surface area contributed by atoms with Gasteiger partial charge in [0.15, 0.2) is 0 Å². The van der Waals surface area contributed by atoms with Crippen molar-refractivity contribution in [3.05, 3.63) is 74.0 Å². The fourth-order valence-electron chi connectivity index (χ4n) is 2.45. The number of nitro groups is 2. The monoisotopic (exact) mass is 433 g/mol. The summed E-state index contributed by atoms with van der Waals surface area (Å²) in [7, 11) is -3.94. The number of benzene rings is 2. The molecule has 0 saturated carbocycles. The summed E-state index contributed by atoms with van der Waals surface area (Å²) in [5.41, 5.74) is 0.570. The number of rotatable bonds is 7. The van der Waals surface area contributed by atoms with Crippen molar-refractivity contribution in [2.24, 2.45) is 0 Å². The summed E-state index contributed by atoms with van der Waals surface area (Å²) in [6.07, 6.45) is 0. The standard InChI is InChI=1S/C17H15N5O7S/c1-10-11(2)19-29-17(10)20-30(27,28)14-6-3-12(4-7-14)18-15-8-5-13(21(23)24)9-16(15)22(25)26/h3-9,18,20H,1-2H3. The molecule has 1 heterocycles. The van der Waals surface area contributed by atoms with Gasteiger partial charge in [0.1, 0.15) is 5.69 Å². The van der Waals surface area contributed by atoms with E-state index < -0.39 is 31.2 Å². The summed E-state index contributed by atoms with van der Waals surface area (Å²) in [4.78, 5) is 20.5. The first-order valence-electron chi connectivity index (χ1n) is 8.34. The third-order valence-electron chi connectivity index (χ3n) is 4.22. The molecule has 0 amide bonds. The first-order chi connectivity index (χ1) is 14.1. The molecule has 2 aromatic carbocycles. The predicted octanol–water partition coefficient (Wildman–Crippen LogP) is 3.65. The zero-order valence-corrected chi connectivity index (χ0v) is 16.5. The lowest BCUT2D eigenvalue weighted by atomic mass is 10.2. The Morgan fingerprint density at radius 2 is 1.67 bits per heavy atom. The van der Waals surface area contributed by atoms with E-state index in [0.717, 1.165) is 12.1 Å². The number of non-ortho nitro benzene ring substituents is 1. The van der Waals surface area contributed by atoms with Crippen LogP contribution >= 0.6 is 0 Å². The molecule has 0 spiro atoms. The molecule has 0 atom stereocenters. The molecule has 3 rings (SSSR count). The predicted molar refractivity (Wildman–Crippen MR) is 106 cm³/mol. The summed E-state index contributed by atoms with van der Waals surface area (Å²) in [5.74, 6) is 0.0104. The maximum Gasteiger partial charge on any atom is 0.299 e. The molecule has 0 bridgehead atoms. The summed E-state index contributed by atoms with van der Waals surface area (Å²) >= 11 is 0. The van der Waals surface area contributed by atoms with Crippen molar-refractivity contribution in [1.82, 2.24) is 5.16 Å². The van der Waals surface area contributed by atoms with E-state index in [1.807, 2.05) is 0 Å². The third-order valence-corrected chi connectivity index (χ3v) is 5.56. The topological polar surface area (TPSA) is 171 Å². The molecule has 0 fully saturated rings. The molecule has 1 aromatic heterocycles. The van der Waals surface area contributed by atoms with Crippen LogP contribution in [0, 0.1) is 34.1 Å². The first-order valence-corrected chi connectivity index (χ1v) is 9.82. The number of hydrogen-bond acceptors (Lipinski definition) is 9. The highest BCUT2D eigenvalue weighted by atomic mass is 32.2. The maximum atomic E-state index is 12.5. The number of aromatic nitrogens is 1. The van der Waals surface area contributed by atoms with Crippen molar-refractivity contribution in [1.29, 1.82) is 0 Å². The van der Waals surface area contributed by atoms with Crippen LogP contribution in [0.5, 0.6) is 0 Å². The number of nitrogens with one attached hydrogen (secondary N) is 2.